The third-order valence-electron chi connectivity index (χ3n) is 3.39. The summed E-state index contributed by atoms with van der Waals surface area (Å²) in [5, 5.41) is 10.2. The predicted octanol–water partition coefficient (Wildman–Crippen LogP) is 3.25. The van der Waals surface area contributed by atoms with Crippen molar-refractivity contribution in [2.45, 2.75) is 0 Å². The second kappa shape index (κ2) is 4.86. The third-order valence-corrected chi connectivity index (χ3v) is 3.39. The lowest BCUT2D eigenvalue weighted by Gasteiger charge is -2.08. The van der Waals surface area contributed by atoms with Crippen molar-refractivity contribution in [3.8, 4) is 11.5 Å². The number of aromatic carboxylic acids is 1. The van der Waals surface area contributed by atoms with Gasteiger partial charge < -0.3 is 20.1 Å². The summed E-state index contributed by atoms with van der Waals surface area (Å²) >= 11 is 0. The van der Waals surface area contributed by atoms with Gasteiger partial charge in [0.1, 0.15) is 5.75 Å². The number of carboxylic acid groups (broad SMARTS) is 1. The predicted molar refractivity (Wildman–Crippen MR) is 80.8 cm³/mol. The first kappa shape index (κ1) is 13.1. The molecule has 5 nitrogen and oxygen atoms in total. The van der Waals surface area contributed by atoms with E-state index < -0.39 is 5.97 Å². The maximum atomic E-state index is 11.6. The molecule has 3 aromatic rings. The summed E-state index contributed by atoms with van der Waals surface area (Å²) < 4.78 is 7.41. The number of rotatable bonds is 3. The SMILES string of the molecule is Cn1c(C(=O)O)c(Oc2ccccc2N)c2ccccc21. The third kappa shape index (κ3) is 2.08. The highest BCUT2D eigenvalue weighted by Gasteiger charge is 2.22. The molecule has 0 spiro atoms. The van der Waals surface area contributed by atoms with Crippen molar-refractivity contribution in [3.05, 3.63) is 54.2 Å². The van der Waals surface area contributed by atoms with Crippen molar-refractivity contribution >= 4 is 22.6 Å². The molecule has 2 aromatic carbocycles. The fourth-order valence-electron chi connectivity index (χ4n) is 2.39. The molecule has 0 aliphatic heterocycles. The van der Waals surface area contributed by atoms with Crippen LogP contribution in [0.4, 0.5) is 5.69 Å². The Hall–Kier alpha value is -2.95. The number of aromatic nitrogens is 1. The van der Waals surface area contributed by atoms with Crippen LogP contribution in [0.25, 0.3) is 10.9 Å². The lowest BCUT2D eigenvalue weighted by molar-refractivity contribution is 0.0684. The first-order valence-corrected chi connectivity index (χ1v) is 6.42. The Labute approximate surface area is 121 Å². The van der Waals surface area contributed by atoms with Gasteiger partial charge in [-0.15, -0.1) is 0 Å². The average molecular weight is 282 g/mol. The Bertz CT molecular complexity index is 837. The van der Waals surface area contributed by atoms with Gasteiger partial charge >= 0.3 is 5.97 Å². The van der Waals surface area contributed by atoms with Crippen LogP contribution in [0.15, 0.2) is 48.5 Å². The van der Waals surface area contributed by atoms with Crippen molar-refractivity contribution in [2.75, 3.05) is 5.73 Å². The zero-order valence-corrected chi connectivity index (χ0v) is 11.4. The molecule has 21 heavy (non-hydrogen) atoms. The molecule has 1 heterocycles. The summed E-state index contributed by atoms with van der Waals surface area (Å²) in [5.41, 5.74) is 7.21. The minimum Gasteiger partial charge on any atom is -0.476 e. The van der Waals surface area contributed by atoms with E-state index in [0.717, 1.165) is 10.9 Å². The van der Waals surface area contributed by atoms with Crippen molar-refractivity contribution in [1.29, 1.82) is 0 Å². The number of carboxylic acids is 1. The van der Waals surface area contributed by atoms with Crippen molar-refractivity contribution in [3.63, 3.8) is 0 Å². The van der Waals surface area contributed by atoms with Crippen molar-refractivity contribution in [1.82, 2.24) is 4.57 Å². The molecule has 0 radical (unpaired) electrons. The molecule has 3 rings (SSSR count). The maximum absolute atomic E-state index is 11.6. The standard InChI is InChI=1S/C16H14N2O3/c1-18-12-8-4-2-6-10(12)15(14(18)16(19)20)21-13-9-5-3-7-11(13)17/h2-9H,17H2,1H3,(H,19,20). The molecule has 0 unspecified atom stereocenters. The summed E-state index contributed by atoms with van der Waals surface area (Å²) in [6, 6.07) is 14.4. The Balaban J connectivity index is 2.24. The van der Waals surface area contributed by atoms with Crippen LogP contribution >= 0.6 is 0 Å². The minimum atomic E-state index is -1.04. The van der Waals surface area contributed by atoms with Gasteiger partial charge in [-0.1, -0.05) is 24.3 Å². The smallest absolute Gasteiger partial charge is 0.356 e. The highest BCUT2D eigenvalue weighted by Crippen LogP contribution is 2.37. The Morgan fingerprint density at radius 3 is 2.52 bits per heavy atom. The zero-order chi connectivity index (χ0) is 15.0. The number of carbonyl (C=O) groups is 1. The Morgan fingerprint density at radius 2 is 1.81 bits per heavy atom. The van der Waals surface area contributed by atoms with Crippen LogP contribution in [-0.4, -0.2) is 15.6 Å². The van der Waals surface area contributed by atoms with Gasteiger partial charge in [-0.05, 0) is 24.3 Å². The molecule has 0 fully saturated rings. The second-order valence-electron chi connectivity index (χ2n) is 4.70. The van der Waals surface area contributed by atoms with Gasteiger partial charge in [0.15, 0.2) is 11.4 Å². The number of nitrogens with two attached hydrogens (primary N) is 1. The molecule has 0 aliphatic rings. The molecule has 0 saturated carbocycles. The molecule has 106 valence electrons. The summed E-state index contributed by atoms with van der Waals surface area (Å²) in [5.74, 6) is -0.298. The van der Waals surface area contributed by atoms with Gasteiger partial charge in [-0.25, -0.2) is 4.79 Å². The molecule has 3 N–H and O–H groups in total. The van der Waals surface area contributed by atoms with E-state index in [4.69, 9.17) is 10.5 Å². The van der Waals surface area contributed by atoms with E-state index >= 15 is 0 Å². The summed E-state index contributed by atoms with van der Waals surface area (Å²) in [7, 11) is 1.70. The quantitative estimate of drug-likeness (QED) is 0.723. The van der Waals surface area contributed by atoms with Crippen molar-refractivity contribution < 1.29 is 14.6 Å². The van der Waals surface area contributed by atoms with Crippen LogP contribution in [0.1, 0.15) is 10.5 Å². The number of anilines is 1. The van der Waals surface area contributed by atoms with E-state index in [0.29, 0.717) is 17.2 Å². The number of nitrogen functional groups attached to an aromatic ring is 1. The van der Waals surface area contributed by atoms with E-state index in [9.17, 15) is 9.90 Å². The maximum Gasteiger partial charge on any atom is 0.356 e. The largest absolute Gasteiger partial charge is 0.476 e. The number of nitrogens with zero attached hydrogens (tertiary/aromatic N) is 1. The number of ether oxygens (including phenoxy) is 1. The zero-order valence-electron chi connectivity index (χ0n) is 11.4. The molecule has 0 atom stereocenters. The van der Waals surface area contributed by atoms with Crippen LogP contribution in [0.2, 0.25) is 0 Å². The van der Waals surface area contributed by atoms with Crippen LogP contribution in [0.5, 0.6) is 11.5 Å². The van der Waals surface area contributed by atoms with Crippen LogP contribution in [-0.2, 0) is 7.05 Å². The molecule has 0 amide bonds. The molecular weight excluding hydrogens is 268 g/mol. The van der Waals surface area contributed by atoms with E-state index in [1.54, 1.807) is 35.9 Å². The number of aryl methyl sites for hydroxylation is 1. The summed E-state index contributed by atoms with van der Waals surface area (Å²) in [6.45, 7) is 0. The lowest BCUT2D eigenvalue weighted by Crippen LogP contribution is -2.06. The van der Waals surface area contributed by atoms with Crippen LogP contribution < -0.4 is 10.5 Å². The fourth-order valence-corrected chi connectivity index (χ4v) is 2.39. The van der Waals surface area contributed by atoms with E-state index in [-0.39, 0.29) is 5.69 Å². The first-order chi connectivity index (χ1) is 10.1. The van der Waals surface area contributed by atoms with Crippen molar-refractivity contribution in [2.24, 2.45) is 7.05 Å². The van der Waals surface area contributed by atoms with Gasteiger partial charge in [-0.3, -0.25) is 0 Å². The van der Waals surface area contributed by atoms with E-state index in [2.05, 4.69) is 0 Å². The van der Waals surface area contributed by atoms with Gasteiger partial charge in [0.25, 0.3) is 0 Å². The number of benzene rings is 2. The van der Waals surface area contributed by atoms with E-state index in [1.807, 2.05) is 24.3 Å². The highest BCUT2D eigenvalue weighted by atomic mass is 16.5. The number of fused-ring (bicyclic) bond motifs is 1. The molecule has 5 heteroatoms. The average Bonchev–Trinajstić information content (AvgIpc) is 2.75. The summed E-state index contributed by atoms with van der Waals surface area (Å²) in [4.78, 5) is 11.6. The van der Waals surface area contributed by atoms with Gasteiger partial charge in [0.05, 0.1) is 11.2 Å². The molecule has 1 aromatic heterocycles. The van der Waals surface area contributed by atoms with Gasteiger partial charge in [0, 0.05) is 12.4 Å². The number of para-hydroxylation sites is 3. The minimum absolute atomic E-state index is 0.0967. The van der Waals surface area contributed by atoms with E-state index in [1.165, 1.54) is 0 Å². The second-order valence-corrected chi connectivity index (χ2v) is 4.70. The Morgan fingerprint density at radius 1 is 1.14 bits per heavy atom. The monoisotopic (exact) mass is 282 g/mol. The first-order valence-electron chi connectivity index (χ1n) is 6.42. The molecule has 0 saturated heterocycles. The van der Waals surface area contributed by atoms with Gasteiger partial charge in [-0.2, -0.15) is 0 Å². The molecule has 0 bridgehead atoms. The van der Waals surface area contributed by atoms with Gasteiger partial charge in [0.2, 0.25) is 0 Å². The van der Waals surface area contributed by atoms with Crippen LogP contribution in [0.3, 0.4) is 0 Å². The molecular formula is C16H14N2O3. The fraction of sp³-hybridized carbons (Fsp3) is 0.0625. The normalized spacial score (nSPS) is 10.7. The number of hydrogen-bond acceptors (Lipinski definition) is 3. The Kier molecular flexibility index (Phi) is 3.02. The highest BCUT2D eigenvalue weighted by molar-refractivity contribution is 6.01. The van der Waals surface area contributed by atoms with Crippen LogP contribution in [0, 0.1) is 0 Å². The lowest BCUT2D eigenvalue weighted by atomic mass is 10.2. The topological polar surface area (TPSA) is 77.5 Å². The number of hydrogen-bond donors (Lipinski definition) is 2. The summed E-state index contributed by atoms with van der Waals surface area (Å²) in [6.07, 6.45) is 0. The molecule has 0 aliphatic carbocycles.